The molecule has 1 fully saturated rings. The van der Waals surface area contributed by atoms with Crippen LogP contribution in [-0.2, 0) is 13.0 Å². The molecule has 6 rings (SSSR count). The van der Waals surface area contributed by atoms with Crippen molar-refractivity contribution in [2.75, 3.05) is 24.3 Å². The Morgan fingerprint density at radius 2 is 1.80 bits per heavy atom. The van der Waals surface area contributed by atoms with Crippen molar-refractivity contribution in [2.24, 2.45) is 0 Å². The van der Waals surface area contributed by atoms with Gasteiger partial charge in [-0.05, 0) is 48.7 Å². The number of carbonyl (C=O) groups is 2. The Morgan fingerprint density at radius 1 is 1.02 bits per heavy atom. The zero-order valence-electron chi connectivity index (χ0n) is 24.4. The first-order valence-corrected chi connectivity index (χ1v) is 14.7. The van der Waals surface area contributed by atoms with Gasteiger partial charge in [0.2, 0.25) is 5.95 Å². The van der Waals surface area contributed by atoms with Crippen LogP contribution in [0.15, 0.2) is 67.0 Å². The van der Waals surface area contributed by atoms with Crippen LogP contribution < -0.4 is 20.7 Å². The predicted molar refractivity (Wildman–Crippen MR) is 165 cm³/mol. The lowest BCUT2D eigenvalue weighted by atomic mass is 9.90. The van der Waals surface area contributed by atoms with Crippen LogP contribution in [0, 0.1) is 0 Å². The summed E-state index contributed by atoms with van der Waals surface area (Å²) >= 11 is 0. The van der Waals surface area contributed by atoms with Gasteiger partial charge in [-0.1, -0.05) is 37.1 Å². The Labute approximate surface area is 254 Å². The number of nitrogens with one attached hydrogen (secondary N) is 3. The van der Waals surface area contributed by atoms with Gasteiger partial charge in [-0.2, -0.15) is 4.98 Å². The van der Waals surface area contributed by atoms with Crippen LogP contribution in [0.25, 0.3) is 11.4 Å². The van der Waals surface area contributed by atoms with Gasteiger partial charge in [-0.15, -0.1) is 0 Å². The smallest absolute Gasteiger partial charge is 0.404 e. The average molecular weight is 595 g/mol. The number of aromatic nitrogens is 4. The van der Waals surface area contributed by atoms with Crippen LogP contribution in [0.5, 0.6) is 5.75 Å². The number of amides is 2. The molecule has 0 spiro atoms. The lowest BCUT2D eigenvalue weighted by molar-refractivity contribution is 0.0726. The molecule has 2 aromatic carbocycles. The van der Waals surface area contributed by atoms with Gasteiger partial charge in [-0.3, -0.25) is 4.79 Å². The van der Waals surface area contributed by atoms with E-state index in [9.17, 15) is 14.7 Å². The summed E-state index contributed by atoms with van der Waals surface area (Å²) in [5.41, 5.74) is 3.57. The van der Waals surface area contributed by atoms with Crippen molar-refractivity contribution in [2.45, 2.75) is 50.7 Å². The van der Waals surface area contributed by atoms with Gasteiger partial charge in [-0.25, -0.2) is 19.7 Å². The maximum Gasteiger partial charge on any atom is 0.404 e. The molecule has 1 saturated carbocycles. The van der Waals surface area contributed by atoms with E-state index in [0.717, 1.165) is 42.6 Å². The van der Waals surface area contributed by atoms with Crippen LogP contribution in [0.4, 0.5) is 22.2 Å². The van der Waals surface area contributed by atoms with Crippen LogP contribution in [0.2, 0.25) is 0 Å². The highest BCUT2D eigenvalue weighted by atomic mass is 16.5. The quantitative estimate of drug-likeness (QED) is 0.211. The molecule has 4 aromatic rings. The van der Waals surface area contributed by atoms with E-state index in [-0.39, 0.29) is 18.0 Å². The first-order chi connectivity index (χ1) is 21.5. The highest BCUT2D eigenvalue weighted by Gasteiger charge is 2.32. The molecule has 2 unspecified atom stereocenters. The number of hydrogen-bond donors (Lipinski definition) is 4. The van der Waals surface area contributed by atoms with E-state index in [0.29, 0.717) is 54.0 Å². The molecule has 2 aromatic heterocycles. The summed E-state index contributed by atoms with van der Waals surface area (Å²) < 4.78 is 5.27. The molecule has 1 aliphatic heterocycles. The Hall–Kier alpha value is -5.26. The minimum Gasteiger partial charge on any atom is -0.497 e. The Morgan fingerprint density at radius 3 is 2.55 bits per heavy atom. The van der Waals surface area contributed by atoms with Crippen molar-refractivity contribution in [3.8, 4) is 17.1 Å². The van der Waals surface area contributed by atoms with Gasteiger partial charge in [0.25, 0.3) is 5.91 Å². The fourth-order valence-corrected chi connectivity index (χ4v) is 5.79. The molecule has 0 radical (unpaired) electrons. The maximum atomic E-state index is 14.0. The highest BCUT2D eigenvalue weighted by Crippen LogP contribution is 2.31. The zero-order chi connectivity index (χ0) is 30.5. The lowest BCUT2D eigenvalue weighted by Gasteiger charge is -2.33. The third-order valence-electron chi connectivity index (χ3n) is 7.97. The standard InChI is InChI=1S/C32H34N8O4/c1-44-23-12-10-20(11-13-23)19-40-17-14-26-27(30(40)41)29(35-22-7-4-6-21(18-22)28-33-15-5-16-34-28)39-31(37-26)36-24-8-2-3-9-25(24)38-32(42)43/h4-7,10-13,15-16,18,24-25,38H,2-3,8-9,14,17,19H2,1H3,(H,42,43)(H2,35,36,37,39). The van der Waals surface area contributed by atoms with Crippen molar-refractivity contribution in [3.63, 3.8) is 0 Å². The summed E-state index contributed by atoms with van der Waals surface area (Å²) in [7, 11) is 1.62. The fraction of sp³-hybridized carbons (Fsp3) is 0.312. The first-order valence-electron chi connectivity index (χ1n) is 14.7. The molecule has 12 nitrogen and oxygen atoms in total. The number of carboxylic acid groups (broad SMARTS) is 1. The maximum absolute atomic E-state index is 14.0. The van der Waals surface area contributed by atoms with E-state index in [1.54, 1.807) is 30.5 Å². The van der Waals surface area contributed by atoms with E-state index >= 15 is 0 Å². The molecule has 2 amide bonds. The van der Waals surface area contributed by atoms with Gasteiger partial charge in [0.15, 0.2) is 5.82 Å². The lowest BCUT2D eigenvalue weighted by Crippen LogP contribution is -2.48. The van der Waals surface area contributed by atoms with Crippen molar-refractivity contribution in [3.05, 3.63) is 83.8 Å². The summed E-state index contributed by atoms with van der Waals surface area (Å²) in [6, 6.07) is 16.6. The number of hydrogen-bond acceptors (Lipinski definition) is 9. The normalized spacial score (nSPS) is 17.8. The van der Waals surface area contributed by atoms with Gasteiger partial charge in [0.1, 0.15) is 17.1 Å². The number of fused-ring (bicyclic) bond motifs is 1. The SMILES string of the molecule is COc1ccc(CN2CCc3nc(NC4CCCCC4NC(=O)O)nc(Nc4cccc(-c5ncccn5)c4)c3C2=O)cc1. The highest BCUT2D eigenvalue weighted by molar-refractivity contribution is 6.01. The molecule has 12 heteroatoms. The van der Waals surface area contributed by atoms with Gasteiger partial charge in [0.05, 0.1) is 18.8 Å². The van der Waals surface area contributed by atoms with Crippen molar-refractivity contribution < 1.29 is 19.4 Å². The number of carbonyl (C=O) groups excluding carboxylic acids is 1. The molecule has 3 heterocycles. The zero-order valence-corrected chi connectivity index (χ0v) is 24.4. The molecule has 0 saturated heterocycles. The Kier molecular flexibility index (Phi) is 8.48. The van der Waals surface area contributed by atoms with Gasteiger partial charge >= 0.3 is 6.09 Å². The molecule has 0 bridgehead atoms. The molecule has 2 aliphatic rings. The number of methoxy groups -OCH3 is 1. The summed E-state index contributed by atoms with van der Waals surface area (Å²) in [4.78, 5) is 45.5. The summed E-state index contributed by atoms with van der Waals surface area (Å²) in [5.74, 6) is 1.91. The molecule has 44 heavy (non-hydrogen) atoms. The number of anilines is 3. The van der Waals surface area contributed by atoms with Crippen LogP contribution in [-0.4, -0.2) is 67.7 Å². The summed E-state index contributed by atoms with van der Waals surface area (Å²) in [6.45, 7) is 0.939. The van der Waals surface area contributed by atoms with Crippen molar-refractivity contribution >= 4 is 29.5 Å². The molecule has 226 valence electrons. The monoisotopic (exact) mass is 594 g/mol. The third-order valence-corrected chi connectivity index (χ3v) is 7.97. The number of nitrogens with zero attached hydrogens (tertiary/aromatic N) is 5. The van der Waals surface area contributed by atoms with Gasteiger partial charge < -0.3 is 30.7 Å². The topological polar surface area (TPSA) is 154 Å². The number of rotatable bonds is 9. The largest absolute Gasteiger partial charge is 0.497 e. The average Bonchev–Trinajstić information content (AvgIpc) is 3.04. The fourth-order valence-electron chi connectivity index (χ4n) is 5.79. The van der Waals surface area contributed by atoms with Crippen LogP contribution >= 0.6 is 0 Å². The number of ether oxygens (including phenoxy) is 1. The Bertz CT molecular complexity index is 1630. The summed E-state index contributed by atoms with van der Waals surface area (Å²) in [6.07, 6.45) is 6.29. The van der Waals surface area contributed by atoms with E-state index in [4.69, 9.17) is 14.7 Å². The molecular weight excluding hydrogens is 560 g/mol. The van der Waals surface area contributed by atoms with E-state index in [1.807, 2.05) is 48.5 Å². The minimum atomic E-state index is -1.05. The summed E-state index contributed by atoms with van der Waals surface area (Å²) in [5, 5.41) is 18.8. The second-order valence-corrected chi connectivity index (χ2v) is 10.9. The molecular formula is C32H34N8O4. The molecule has 4 N–H and O–H groups in total. The van der Waals surface area contributed by atoms with Crippen molar-refractivity contribution in [1.29, 1.82) is 0 Å². The number of benzene rings is 2. The third kappa shape index (κ3) is 6.54. The van der Waals surface area contributed by atoms with Gasteiger partial charge in [0, 0.05) is 49.2 Å². The molecule has 2 atom stereocenters. The van der Waals surface area contributed by atoms with Crippen molar-refractivity contribution in [1.82, 2.24) is 30.2 Å². The van der Waals surface area contributed by atoms with E-state index in [2.05, 4.69) is 25.9 Å². The first kappa shape index (κ1) is 28.8. The van der Waals surface area contributed by atoms with E-state index < -0.39 is 6.09 Å². The second-order valence-electron chi connectivity index (χ2n) is 10.9. The predicted octanol–water partition coefficient (Wildman–Crippen LogP) is 4.88. The van der Waals surface area contributed by atoms with Crippen LogP contribution in [0.1, 0.15) is 47.3 Å². The second kappa shape index (κ2) is 12.9. The van der Waals surface area contributed by atoms with E-state index in [1.165, 1.54) is 0 Å². The van der Waals surface area contributed by atoms with Crippen LogP contribution in [0.3, 0.4) is 0 Å². The Balaban J connectivity index is 1.33. The molecule has 1 aliphatic carbocycles. The minimum absolute atomic E-state index is 0.165.